The van der Waals surface area contributed by atoms with Gasteiger partial charge in [-0.25, -0.2) is 0 Å². The van der Waals surface area contributed by atoms with Gasteiger partial charge in [0.15, 0.2) is 0 Å². The van der Waals surface area contributed by atoms with E-state index in [1.54, 1.807) is 19.9 Å². The normalized spacial score (nSPS) is 38.1. The lowest BCUT2D eigenvalue weighted by molar-refractivity contribution is 0.0931. The molecule has 2 aliphatic rings. The van der Waals surface area contributed by atoms with Crippen LogP contribution < -0.4 is 0 Å². The number of hydrogen-bond donors (Lipinski definition) is 0. The van der Waals surface area contributed by atoms with Gasteiger partial charge in [0, 0.05) is 23.8 Å². The van der Waals surface area contributed by atoms with Crippen molar-refractivity contribution in [3.63, 3.8) is 0 Å². The molecule has 0 radical (unpaired) electrons. The zero-order chi connectivity index (χ0) is 10.3. The summed E-state index contributed by atoms with van der Waals surface area (Å²) in [6, 6.07) is -0.772. The molecule has 0 aromatic heterocycles. The average molecular weight is 194 g/mol. The number of rotatable bonds is 0. The monoisotopic (exact) mass is 194 g/mol. The molecule has 1 fully saturated rings. The number of nitrogens with zero attached hydrogens (tertiary/aromatic N) is 2. The summed E-state index contributed by atoms with van der Waals surface area (Å²) in [5.41, 5.74) is 0.605. The Morgan fingerprint density at radius 3 is 2.71 bits per heavy atom. The number of allylic oxidation sites excluding steroid dienone is 2. The third-order valence-electron chi connectivity index (χ3n) is 3.13. The van der Waals surface area contributed by atoms with Crippen molar-refractivity contribution in [2.24, 2.45) is 0 Å². The first kappa shape index (κ1) is 9.71. The van der Waals surface area contributed by atoms with E-state index in [4.69, 9.17) is 0 Å². The molecule has 0 spiro atoms. The summed E-state index contributed by atoms with van der Waals surface area (Å²) in [6.45, 7) is 3.59. The zero-order valence-corrected chi connectivity index (χ0v) is 8.38. The molecular formula is C10H14N2O2-2. The molecule has 4 heteroatoms. The third kappa shape index (κ3) is 1.27. The molecule has 1 aliphatic carbocycles. The van der Waals surface area contributed by atoms with Crippen LogP contribution >= 0.6 is 0 Å². The SMILES string of the molecule is CC1C(C)N([O-])C2CC=CC=C2N1[O-]. The van der Waals surface area contributed by atoms with Crippen LogP contribution in [0.2, 0.25) is 0 Å². The van der Waals surface area contributed by atoms with Gasteiger partial charge in [-0.15, -0.1) is 0 Å². The lowest BCUT2D eigenvalue weighted by Crippen LogP contribution is -2.56. The highest BCUT2D eigenvalue weighted by Gasteiger charge is 2.31. The summed E-state index contributed by atoms with van der Waals surface area (Å²) in [5.74, 6) is 0. The van der Waals surface area contributed by atoms with Gasteiger partial charge < -0.3 is 20.5 Å². The highest BCUT2D eigenvalue weighted by molar-refractivity contribution is 5.27. The molecule has 0 aromatic carbocycles. The molecule has 0 bridgehead atoms. The number of piperazine rings is 1. The average Bonchev–Trinajstić information content (AvgIpc) is 2.23. The van der Waals surface area contributed by atoms with Gasteiger partial charge in [-0.1, -0.05) is 12.2 Å². The van der Waals surface area contributed by atoms with E-state index in [0.717, 1.165) is 10.1 Å². The van der Waals surface area contributed by atoms with E-state index in [1.165, 1.54) is 0 Å². The summed E-state index contributed by atoms with van der Waals surface area (Å²) < 4.78 is 0. The minimum Gasteiger partial charge on any atom is -0.784 e. The van der Waals surface area contributed by atoms with Gasteiger partial charge in [-0.3, -0.25) is 0 Å². The van der Waals surface area contributed by atoms with Gasteiger partial charge in [-0.05, 0) is 26.3 Å². The molecule has 0 saturated carbocycles. The second-order valence-corrected chi connectivity index (χ2v) is 3.94. The maximum Gasteiger partial charge on any atom is 0.0412 e. The summed E-state index contributed by atoms with van der Waals surface area (Å²) in [5, 5.41) is 25.6. The molecule has 1 heterocycles. The van der Waals surface area contributed by atoms with Gasteiger partial charge in [-0.2, -0.15) is 0 Å². The molecule has 4 nitrogen and oxygen atoms in total. The van der Waals surface area contributed by atoms with E-state index in [0.29, 0.717) is 12.1 Å². The van der Waals surface area contributed by atoms with Crippen LogP contribution in [0.1, 0.15) is 20.3 Å². The molecule has 1 aliphatic heterocycles. The maximum atomic E-state index is 11.8. The Hall–Kier alpha value is -0.840. The van der Waals surface area contributed by atoms with E-state index in [1.807, 2.05) is 12.2 Å². The first-order chi connectivity index (χ1) is 6.63. The topological polar surface area (TPSA) is 52.6 Å². The van der Waals surface area contributed by atoms with E-state index >= 15 is 0 Å². The van der Waals surface area contributed by atoms with Crippen LogP contribution in [-0.2, 0) is 0 Å². The largest absolute Gasteiger partial charge is 0.784 e. The quantitative estimate of drug-likeness (QED) is 0.587. The fourth-order valence-corrected chi connectivity index (χ4v) is 1.99. The van der Waals surface area contributed by atoms with Gasteiger partial charge in [0.2, 0.25) is 0 Å². The van der Waals surface area contributed by atoms with Crippen molar-refractivity contribution in [1.82, 2.24) is 10.1 Å². The zero-order valence-electron chi connectivity index (χ0n) is 8.38. The van der Waals surface area contributed by atoms with Crippen molar-refractivity contribution in [3.8, 4) is 0 Å². The van der Waals surface area contributed by atoms with Crippen LogP contribution in [0.15, 0.2) is 23.9 Å². The predicted octanol–water partition coefficient (Wildman–Crippen LogP) is 1.59. The minimum absolute atomic E-state index is 0.235. The van der Waals surface area contributed by atoms with E-state index in [9.17, 15) is 10.4 Å². The van der Waals surface area contributed by atoms with Gasteiger partial charge in [0.05, 0.1) is 0 Å². The molecule has 0 aromatic rings. The van der Waals surface area contributed by atoms with Crippen LogP contribution in [0.25, 0.3) is 0 Å². The van der Waals surface area contributed by atoms with E-state index < -0.39 is 0 Å². The van der Waals surface area contributed by atoms with E-state index in [-0.39, 0.29) is 18.1 Å². The molecule has 2 rings (SSSR count). The van der Waals surface area contributed by atoms with Gasteiger partial charge in [0.1, 0.15) is 0 Å². The summed E-state index contributed by atoms with van der Waals surface area (Å²) >= 11 is 0. The molecule has 3 atom stereocenters. The Balaban J connectivity index is 2.31. The van der Waals surface area contributed by atoms with Crippen LogP contribution in [0.3, 0.4) is 0 Å². The van der Waals surface area contributed by atoms with Crippen LogP contribution in [0, 0.1) is 10.4 Å². The third-order valence-corrected chi connectivity index (χ3v) is 3.13. The van der Waals surface area contributed by atoms with Crippen molar-refractivity contribution >= 4 is 0 Å². The second kappa shape index (κ2) is 3.38. The first-order valence-corrected chi connectivity index (χ1v) is 4.91. The van der Waals surface area contributed by atoms with Crippen molar-refractivity contribution in [3.05, 3.63) is 34.3 Å². The Labute approximate surface area is 83.6 Å². The summed E-state index contributed by atoms with van der Waals surface area (Å²) in [6.07, 6.45) is 6.16. The van der Waals surface area contributed by atoms with Gasteiger partial charge in [0.25, 0.3) is 0 Å². The Kier molecular flexibility index (Phi) is 2.34. The Morgan fingerprint density at radius 2 is 2.00 bits per heavy atom. The van der Waals surface area contributed by atoms with Crippen LogP contribution in [-0.4, -0.2) is 28.3 Å². The highest BCUT2D eigenvalue weighted by atomic mass is 16.5. The minimum atomic E-state index is -0.274. The predicted molar refractivity (Wildman–Crippen MR) is 55.0 cm³/mol. The lowest BCUT2D eigenvalue weighted by atomic mass is 9.96. The number of hydroxylamine groups is 4. The molecule has 0 amide bonds. The summed E-state index contributed by atoms with van der Waals surface area (Å²) in [7, 11) is 0. The van der Waals surface area contributed by atoms with Crippen LogP contribution in [0.4, 0.5) is 0 Å². The highest BCUT2D eigenvalue weighted by Crippen LogP contribution is 2.31. The van der Waals surface area contributed by atoms with Gasteiger partial charge >= 0.3 is 0 Å². The maximum absolute atomic E-state index is 11.8. The van der Waals surface area contributed by atoms with Crippen molar-refractivity contribution in [1.29, 1.82) is 0 Å². The van der Waals surface area contributed by atoms with E-state index in [2.05, 4.69) is 0 Å². The van der Waals surface area contributed by atoms with Crippen LogP contribution in [0.5, 0.6) is 0 Å². The first-order valence-electron chi connectivity index (χ1n) is 4.91. The van der Waals surface area contributed by atoms with Crippen molar-refractivity contribution < 1.29 is 0 Å². The molecule has 78 valence electrons. The fraction of sp³-hybridized carbons (Fsp3) is 0.600. The van der Waals surface area contributed by atoms with Crippen molar-refractivity contribution in [2.75, 3.05) is 0 Å². The van der Waals surface area contributed by atoms with Crippen molar-refractivity contribution in [2.45, 2.75) is 38.4 Å². The second-order valence-electron chi connectivity index (χ2n) is 3.94. The fourth-order valence-electron chi connectivity index (χ4n) is 1.99. The summed E-state index contributed by atoms with van der Waals surface area (Å²) in [4.78, 5) is 0. The number of fused-ring (bicyclic) bond motifs is 1. The standard InChI is InChI=1S/C10H14N2O2/c1-7-8(2)12(14)10-6-4-3-5-9(10)11(7)13/h3-5,7-8,10H,6H2,1-2H3/q-2. The molecule has 0 N–H and O–H groups in total. The Morgan fingerprint density at radius 1 is 1.29 bits per heavy atom. The lowest BCUT2D eigenvalue weighted by Gasteiger charge is -2.59. The number of hydrogen-bond acceptors (Lipinski definition) is 4. The Bertz CT molecular complexity index is 288. The molecular weight excluding hydrogens is 180 g/mol. The molecule has 14 heavy (non-hydrogen) atoms. The molecule has 1 saturated heterocycles. The smallest absolute Gasteiger partial charge is 0.0412 e. The molecule has 3 unspecified atom stereocenters.